The maximum Gasteiger partial charge on any atom is 0.254 e. The van der Waals surface area contributed by atoms with Crippen LogP contribution in [0.4, 0.5) is 0 Å². The van der Waals surface area contributed by atoms with E-state index in [-0.39, 0.29) is 11.9 Å². The molecular weight excluding hydrogens is 416 g/mol. The average Bonchev–Trinajstić information content (AvgIpc) is 3.52. The number of nitrogens with one attached hydrogen (secondary N) is 1. The SMILES string of the molecule is Cc1noc(C)c1CSc1ncccc1C(=O)NCC(c1cccs1)N1CCCC1. The van der Waals surface area contributed by atoms with Crippen molar-refractivity contribution in [1.82, 2.24) is 20.4 Å². The summed E-state index contributed by atoms with van der Waals surface area (Å²) in [5, 5.41) is 10.00. The van der Waals surface area contributed by atoms with Crippen LogP contribution in [0.25, 0.3) is 0 Å². The molecule has 158 valence electrons. The summed E-state index contributed by atoms with van der Waals surface area (Å²) in [4.78, 5) is 21.3. The number of thiophene rings is 1. The normalized spacial score (nSPS) is 15.4. The van der Waals surface area contributed by atoms with Crippen molar-refractivity contribution in [2.75, 3.05) is 19.6 Å². The predicted molar refractivity (Wildman–Crippen MR) is 120 cm³/mol. The molecule has 0 aliphatic carbocycles. The van der Waals surface area contributed by atoms with Gasteiger partial charge in [0, 0.05) is 28.9 Å². The Bertz CT molecular complexity index is 961. The second-order valence-corrected chi connectivity index (χ2v) is 9.38. The van der Waals surface area contributed by atoms with Crippen LogP contribution in [0.3, 0.4) is 0 Å². The quantitative estimate of drug-likeness (QED) is 0.514. The van der Waals surface area contributed by atoms with Crippen LogP contribution in [-0.4, -0.2) is 40.6 Å². The van der Waals surface area contributed by atoms with E-state index in [1.165, 1.54) is 29.5 Å². The van der Waals surface area contributed by atoms with Crippen LogP contribution < -0.4 is 5.32 Å². The molecule has 0 aromatic carbocycles. The van der Waals surface area contributed by atoms with Gasteiger partial charge in [0.15, 0.2) is 0 Å². The zero-order chi connectivity index (χ0) is 20.9. The molecule has 0 saturated carbocycles. The first-order valence-electron chi connectivity index (χ1n) is 10.2. The van der Waals surface area contributed by atoms with Gasteiger partial charge in [-0.3, -0.25) is 9.69 Å². The van der Waals surface area contributed by atoms with Crippen molar-refractivity contribution in [3.63, 3.8) is 0 Å². The van der Waals surface area contributed by atoms with Gasteiger partial charge in [-0.25, -0.2) is 4.98 Å². The summed E-state index contributed by atoms with van der Waals surface area (Å²) in [7, 11) is 0. The standard InChI is InChI=1S/C22H26N4O2S2/c1-15-18(16(2)28-25-15)14-30-22-17(7-5-9-23-22)21(27)24-13-19(20-8-6-12-29-20)26-10-3-4-11-26/h5-9,12,19H,3-4,10-11,13-14H2,1-2H3,(H,24,27). The van der Waals surface area contributed by atoms with Gasteiger partial charge < -0.3 is 9.84 Å². The average molecular weight is 443 g/mol. The fourth-order valence-corrected chi connectivity index (χ4v) is 5.76. The molecule has 0 bridgehead atoms. The molecule has 1 unspecified atom stereocenters. The number of likely N-dealkylation sites (tertiary alicyclic amines) is 1. The van der Waals surface area contributed by atoms with Crippen LogP contribution >= 0.6 is 23.1 Å². The molecule has 1 aliphatic rings. The highest BCUT2D eigenvalue weighted by Gasteiger charge is 2.25. The number of nitrogens with zero attached hydrogens (tertiary/aromatic N) is 3. The number of hydrogen-bond donors (Lipinski definition) is 1. The number of aromatic nitrogens is 2. The van der Waals surface area contributed by atoms with E-state index >= 15 is 0 Å². The Kier molecular flexibility index (Phi) is 6.86. The van der Waals surface area contributed by atoms with Crippen molar-refractivity contribution in [3.8, 4) is 0 Å². The van der Waals surface area contributed by atoms with Crippen molar-refractivity contribution in [1.29, 1.82) is 0 Å². The predicted octanol–water partition coefficient (Wildman–Crippen LogP) is 4.61. The topological polar surface area (TPSA) is 71.3 Å². The highest BCUT2D eigenvalue weighted by Crippen LogP contribution is 2.29. The van der Waals surface area contributed by atoms with E-state index in [2.05, 4.69) is 37.9 Å². The third kappa shape index (κ3) is 4.77. The van der Waals surface area contributed by atoms with E-state index in [1.807, 2.05) is 26.0 Å². The van der Waals surface area contributed by atoms with Gasteiger partial charge in [-0.15, -0.1) is 23.1 Å². The lowest BCUT2D eigenvalue weighted by Crippen LogP contribution is -2.36. The molecule has 3 aromatic heterocycles. The van der Waals surface area contributed by atoms with Gasteiger partial charge in [0.2, 0.25) is 0 Å². The van der Waals surface area contributed by atoms with Gasteiger partial charge in [-0.2, -0.15) is 0 Å². The van der Waals surface area contributed by atoms with Crippen molar-refractivity contribution < 1.29 is 9.32 Å². The zero-order valence-corrected chi connectivity index (χ0v) is 18.9. The number of pyridine rings is 1. The Morgan fingerprint density at radius 1 is 1.30 bits per heavy atom. The van der Waals surface area contributed by atoms with Gasteiger partial charge in [-0.1, -0.05) is 11.2 Å². The number of thioether (sulfide) groups is 1. The van der Waals surface area contributed by atoms with Crippen LogP contribution in [0.5, 0.6) is 0 Å². The molecule has 0 spiro atoms. The third-order valence-corrected chi connectivity index (χ3v) is 7.46. The largest absolute Gasteiger partial charge is 0.361 e. The highest BCUT2D eigenvalue weighted by molar-refractivity contribution is 7.98. The molecule has 1 saturated heterocycles. The first-order chi connectivity index (χ1) is 14.6. The summed E-state index contributed by atoms with van der Waals surface area (Å²) in [6, 6.07) is 8.12. The smallest absolute Gasteiger partial charge is 0.254 e. The van der Waals surface area contributed by atoms with Gasteiger partial charge in [-0.05, 0) is 63.4 Å². The highest BCUT2D eigenvalue weighted by atomic mass is 32.2. The maximum absolute atomic E-state index is 13.0. The molecule has 1 N–H and O–H groups in total. The second kappa shape index (κ2) is 9.76. The number of carbonyl (C=O) groups excluding carboxylic acids is 1. The molecule has 6 nitrogen and oxygen atoms in total. The van der Waals surface area contributed by atoms with Crippen LogP contribution in [0.15, 0.2) is 45.4 Å². The molecular formula is C22H26N4O2S2. The van der Waals surface area contributed by atoms with E-state index in [0.29, 0.717) is 17.9 Å². The Morgan fingerprint density at radius 2 is 2.13 bits per heavy atom. The summed E-state index contributed by atoms with van der Waals surface area (Å²) in [5.74, 6) is 1.40. The minimum absolute atomic E-state index is 0.0786. The Morgan fingerprint density at radius 3 is 2.83 bits per heavy atom. The molecule has 1 amide bonds. The monoisotopic (exact) mass is 442 g/mol. The van der Waals surface area contributed by atoms with E-state index in [9.17, 15) is 4.79 Å². The molecule has 1 aliphatic heterocycles. The molecule has 0 radical (unpaired) electrons. The van der Waals surface area contributed by atoms with Crippen LogP contribution in [0.1, 0.15) is 51.1 Å². The Labute approximate surface area is 185 Å². The van der Waals surface area contributed by atoms with E-state index < -0.39 is 0 Å². The molecule has 8 heteroatoms. The number of rotatable bonds is 8. The Balaban J connectivity index is 1.44. The zero-order valence-electron chi connectivity index (χ0n) is 17.3. The first-order valence-corrected chi connectivity index (χ1v) is 12.0. The van der Waals surface area contributed by atoms with Gasteiger partial charge >= 0.3 is 0 Å². The molecule has 4 rings (SSSR count). The lowest BCUT2D eigenvalue weighted by molar-refractivity contribution is 0.0934. The third-order valence-electron chi connectivity index (χ3n) is 5.46. The Hall–Kier alpha value is -2.16. The number of aryl methyl sites for hydroxylation is 2. The second-order valence-electron chi connectivity index (χ2n) is 7.43. The van der Waals surface area contributed by atoms with Gasteiger partial charge in [0.1, 0.15) is 10.8 Å². The van der Waals surface area contributed by atoms with E-state index in [0.717, 1.165) is 35.1 Å². The molecule has 1 fully saturated rings. The van der Waals surface area contributed by atoms with Crippen LogP contribution in [-0.2, 0) is 5.75 Å². The molecule has 30 heavy (non-hydrogen) atoms. The van der Waals surface area contributed by atoms with Crippen molar-refractivity contribution >= 4 is 29.0 Å². The van der Waals surface area contributed by atoms with E-state index in [4.69, 9.17) is 4.52 Å². The van der Waals surface area contributed by atoms with Crippen molar-refractivity contribution in [2.24, 2.45) is 0 Å². The fourth-order valence-electron chi connectivity index (χ4n) is 3.76. The van der Waals surface area contributed by atoms with Gasteiger partial charge in [0.25, 0.3) is 5.91 Å². The molecule has 3 aromatic rings. The number of hydrogen-bond acceptors (Lipinski definition) is 7. The minimum atomic E-state index is -0.0786. The minimum Gasteiger partial charge on any atom is -0.361 e. The number of amides is 1. The lowest BCUT2D eigenvalue weighted by atomic mass is 10.2. The summed E-state index contributed by atoms with van der Waals surface area (Å²) in [5.41, 5.74) is 2.55. The maximum atomic E-state index is 13.0. The number of carbonyl (C=O) groups is 1. The fraction of sp³-hybridized carbons (Fsp3) is 0.409. The summed E-state index contributed by atoms with van der Waals surface area (Å²) >= 11 is 3.29. The first kappa shape index (κ1) is 21.1. The van der Waals surface area contributed by atoms with Crippen LogP contribution in [0.2, 0.25) is 0 Å². The van der Waals surface area contributed by atoms with Crippen molar-refractivity contribution in [3.05, 3.63) is 63.3 Å². The molecule has 4 heterocycles. The van der Waals surface area contributed by atoms with E-state index in [1.54, 1.807) is 17.5 Å². The summed E-state index contributed by atoms with van der Waals surface area (Å²) < 4.78 is 5.24. The lowest BCUT2D eigenvalue weighted by Gasteiger charge is -2.27. The van der Waals surface area contributed by atoms with Crippen molar-refractivity contribution in [2.45, 2.75) is 43.5 Å². The summed E-state index contributed by atoms with van der Waals surface area (Å²) in [6.45, 7) is 6.61. The van der Waals surface area contributed by atoms with Crippen LogP contribution in [0, 0.1) is 13.8 Å². The van der Waals surface area contributed by atoms with Gasteiger partial charge in [0.05, 0.1) is 17.3 Å². The summed E-state index contributed by atoms with van der Waals surface area (Å²) in [6.07, 6.45) is 4.17. The molecule has 1 atom stereocenters.